The average Bonchev–Trinajstić information content (AvgIpc) is 2.72. The van der Waals surface area contributed by atoms with E-state index in [0.29, 0.717) is 11.3 Å². The molecule has 0 spiro atoms. The Balaban J connectivity index is 2.23. The van der Waals surface area contributed by atoms with Crippen LogP contribution in [0.1, 0.15) is 20.8 Å². The van der Waals surface area contributed by atoms with E-state index >= 15 is 0 Å². The minimum absolute atomic E-state index is 0.0375. The fourth-order valence-corrected chi connectivity index (χ4v) is 1.80. The molecule has 0 aliphatic carbocycles. The minimum atomic E-state index is -0.664. The minimum Gasteiger partial charge on any atom is -0.462 e. The number of nitrogens with zero attached hydrogens (tertiary/aromatic N) is 2. The van der Waals surface area contributed by atoms with Gasteiger partial charge in [-0.05, 0) is 26.8 Å². The van der Waals surface area contributed by atoms with E-state index in [1.165, 1.54) is 0 Å². The second kappa shape index (κ2) is 3.89. The van der Waals surface area contributed by atoms with E-state index in [9.17, 15) is 0 Å². The van der Waals surface area contributed by atoms with Crippen molar-refractivity contribution in [1.29, 1.82) is 10.5 Å². The Hall–Kier alpha value is -1.82. The normalized spacial score (nSPS) is 28.4. The Bertz CT molecular complexity index is 475. The van der Waals surface area contributed by atoms with E-state index in [2.05, 4.69) is 0 Å². The molecule has 0 aromatic rings. The van der Waals surface area contributed by atoms with Crippen molar-refractivity contribution < 1.29 is 14.2 Å². The molecule has 2 atom stereocenters. The van der Waals surface area contributed by atoms with Crippen molar-refractivity contribution in [2.24, 2.45) is 0 Å². The molecular formula is C12H12N2O3. The number of hydrogen-bond acceptors (Lipinski definition) is 5. The summed E-state index contributed by atoms with van der Waals surface area (Å²) in [6.07, 6.45) is 0.964. The standard InChI is InChI=1S/C12H12N2O3/c1-7(8(5-13)6-14)9-4-10-11(15-9)17-12(2,3)16-10/h4,10-11H,1-3H3/t10-,11-/m1/s1. The lowest BCUT2D eigenvalue weighted by atomic mass is 10.1. The zero-order valence-corrected chi connectivity index (χ0v) is 9.85. The number of nitriles is 2. The van der Waals surface area contributed by atoms with Gasteiger partial charge in [-0.3, -0.25) is 0 Å². The largest absolute Gasteiger partial charge is 0.462 e. The first-order chi connectivity index (χ1) is 7.96. The highest BCUT2D eigenvalue weighted by atomic mass is 16.8. The summed E-state index contributed by atoms with van der Waals surface area (Å²) in [6.45, 7) is 5.28. The van der Waals surface area contributed by atoms with E-state index in [0.717, 1.165) is 0 Å². The summed E-state index contributed by atoms with van der Waals surface area (Å²) in [4.78, 5) is 0. The SMILES string of the molecule is CC(C1=C[C@H]2OC(C)(C)O[C@H]2O1)=C(C#N)C#N. The maximum atomic E-state index is 8.77. The Labute approximate surface area is 99.5 Å². The molecule has 0 N–H and O–H groups in total. The quantitative estimate of drug-likeness (QED) is 0.643. The zero-order chi connectivity index (χ0) is 12.6. The van der Waals surface area contributed by atoms with Gasteiger partial charge in [0.15, 0.2) is 5.79 Å². The van der Waals surface area contributed by atoms with Crippen LogP contribution in [0, 0.1) is 22.7 Å². The zero-order valence-electron chi connectivity index (χ0n) is 9.85. The number of allylic oxidation sites excluding steroid dienone is 2. The predicted octanol–water partition coefficient (Wildman–Crippen LogP) is 1.74. The number of hydrogen-bond donors (Lipinski definition) is 0. The first-order valence-electron chi connectivity index (χ1n) is 5.22. The molecule has 2 aliphatic rings. The molecule has 0 unspecified atom stereocenters. The van der Waals surface area contributed by atoms with Crippen molar-refractivity contribution >= 4 is 0 Å². The molecule has 0 aromatic heterocycles. The monoisotopic (exact) mass is 232 g/mol. The highest BCUT2D eigenvalue weighted by molar-refractivity contribution is 5.47. The molecule has 2 rings (SSSR count). The maximum Gasteiger partial charge on any atom is 0.232 e. The van der Waals surface area contributed by atoms with Crippen LogP contribution in [0.5, 0.6) is 0 Å². The van der Waals surface area contributed by atoms with Crippen molar-refractivity contribution in [2.45, 2.75) is 39.0 Å². The highest BCUT2D eigenvalue weighted by Crippen LogP contribution is 2.37. The van der Waals surface area contributed by atoms with Crippen LogP contribution in [0.4, 0.5) is 0 Å². The van der Waals surface area contributed by atoms with E-state index < -0.39 is 12.1 Å². The van der Waals surface area contributed by atoms with Gasteiger partial charge in [0.1, 0.15) is 29.6 Å². The summed E-state index contributed by atoms with van der Waals surface area (Å²) >= 11 is 0. The smallest absolute Gasteiger partial charge is 0.232 e. The highest BCUT2D eigenvalue weighted by Gasteiger charge is 2.45. The summed E-state index contributed by atoms with van der Waals surface area (Å²) < 4.78 is 16.6. The van der Waals surface area contributed by atoms with E-state index in [4.69, 9.17) is 24.7 Å². The Kier molecular flexibility index (Phi) is 2.66. The molecule has 1 fully saturated rings. The van der Waals surface area contributed by atoms with Gasteiger partial charge in [0.05, 0.1) is 0 Å². The molecule has 0 aromatic carbocycles. The number of ether oxygens (including phenoxy) is 3. The van der Waals surface area contributed by atoms with E-state index in [-0.39, 0.29) is 11.7 Å². The second-order valence-electron chi connectivity index (χ2n) is 4.34. The summed E-state index contributed by atoms with van der Waals surface area (Å²) in [5, 5.41) is 17.5. The van der Waals surface area contributed by atoms with Crippen LogP contribution in [0.3, 0.4) is 0 Å². The van der Waals surface area contributed by atoms with E-state index in [1.54, 1.807) is 26.8 Å². The lowest BCUT2D eigenvalue weighted by Crippen LogP contribution is -2.22. The molecular weight excluding hydrogens is 220 g/mol. The van der Waals surface area contributed by atoms with Gasteiger partial charge >= 0.3 is 0 Å². The molecule has 17 heavy (non-hydrogen) atoms. The molecule has 0 radical (unpaired) electrons. The third-order valence-electron chi connectivity index (χ3n) is 2.62. The Morgan fingerprint density at radius 3 is 2.47 bits per heavy atom. The molecule has 2 heterocycles. The van der Waals surface area contributed by atoms with Gasteiger partial charge in [0.2, 0.25) is 6.29 Å². The van der Waals surface area contributed by atoms with Gasteiger partial charge in [-0.2, -0.15) is 10.5 Å². The molecule has 0 bridgehead atoms. The first kappa shape index (κ1) is 11.7. The topological polar surface area (TPSA) is 75.3 Å². The fourth-order valence-electron chi connectivity index (χ4n) is 1.80. The van der Waals surface area contributed by atoms with Crippen molar-refractivity contribution in [1.82, 2.24) is 0 Å². The molecule has 1 saturated heterocycles. The van der Waals surface area contributed by atoms with Gasteiger partial charge in [-0.1, -0.05) is 0 Å². The first-order valence-corrected chi connectivity index (χ1v) is 5.22. The fraction of sp³-hybridized carbons (Fsp3) is 0.500. The summed E-state index contributed by atoms with van der Waals surface area (Å²) in [5.74, 6) is -0.184. The predicted molar refractivity (Wildman–Crippen MR) is 56.9 cm³/mol. The third kappa shape index (κ3) is 2.03. The van der Waals surface area contributed by atoms with Gasteiger partial charge in [0, 0.05) is 5.57 Å². The molecule has 0 amide bonds. The Morgan fingerprint density at radius 2 is 1.94 bits per heavy atom. The second-order valence-corrected chi connectivity index (χ2v) is 4.34. The lowest BCUT2D eigenvalue weighted by molar-refractivity contribution is -0.180. The number of fused-ring (bicyclic) bond motifs is 1. The van der Waals surface area contributed by atoms with Crippen LogP contribution in [0.25, 0.3) is 0 Å². The molecule has 0 saturated carbocycles. The van der Waals surface area contributed by atoms with Crippen molar-refractivity contribution in [3.8, 4) is 12.1 Å². The molecule has 88 valence electrons. The maximum absolute atomic E-state index is 8.77. The lowest BCUT2D eigenvalue weighted by Gasteiger charge is -2.18. The molecule has 5 nitrogen and oxygen atoms in total. The number of rotatable bonds is 1. The van der Waals surface area contributed by atoms with Gasteiger partial charge < -0.3 is 14.2 Å². The van der Waals surface area contributed by atoms with Crippen LogP contribution in [-0.4, -0.2) is 18.2 Å². The van der Waals surface area contributed by atoms with Gasteiger partial charge in [-0.15, -0.1) is 0 Å². The van der Waals surface area contributed by atoms with E-state index in [1.807, 2.05) is 12.1 Å². The summed E-state index contributed by atoms with van der Waals surface area (Å²) in [7, 11) is 0. The van der Waals surface area contributed by atoms with Crippen LogP contribution in [0.15, 0.2) is 23.0 Å². The summed E-state index contributed by atoms with van der Waals surface area (Å²) in [5.41, 5.74) is 0.546. The molecule has 5 heteroatoms. The Morgan fingerprint density at radius 1 is 1.29 bits per heavy atom. The van der Waals surface area contributed by atoms with Crippen LogP contribution in [-0.2, 0) is 14.2 Å². The molecule has 2 aliphatic heterocycles. The van der Waals surface area contributed by atoms with Crippen molar-refractivity contribution in [2.75, 3.05) is 0 Å². The van der Waals surface area contributed by atoms with Crippen molar-refractivity contribution in [3.63, 3.8) is 0 Å². The third-order valence-corrected chi connectivity index (χ3v) is 2.62. The van der Waals surface area contributed by atoms with Gasteiger partial charge in [0.25, 0.3) is 0 Å². The van der Waals surface area contributed by atoms with Crippen LogP contribution >= 0.6 is 0 Å². The summed E-state index contributed by atoms with van der Waals surface area (Å²) in [6, 6.07) is 3.65. The average molecular weight is 232 g/mol. The van der Waals surface area contributed by atoms with Crippen LogP contribution < -0.4 is 0 Å². The van der Waals surface area contributed by atoms with Gasteiger partial charge in [-0.25, -0.2) is 0 Å². The van der Waals surface area contributed by atoms with Crippen molar-refractivity contribution in [3.05, 3.63) is 23.0 Å². The van der Waals surface area contributed by atoms with Crippen LogP contribution in [0.2, 0.25) is 0 Å².